The number of benzene rings is 3. The molecule has 0 saturated carbocycles. The first-order chi connectivity index (χ1) is 19.9. The molecule has 0 aliphatic carbocycles. The Bertz CT molecular complexity index is 1830. The fourth-order valence-electron chi connectivity index (χ4n) is 4.76. The largest absolute Gasteiger partial charge is 0.486 e. The molecular formula is C30H26ClN7O3. The van der Waals surface area contributed by atoms with E-state index in [2.05, 4.69) is 27.2 Å². The van der Waals surface area contributed by atoms with Crippen LogP contribution in [0.1, 0.15) is 24.0 Å². The van der Waals surface area contributed by atoms with Crippen LogP contribution in [-0.4, -0.2) is 25.6 Å². The van der Waals surface area contributed by atoms with Gasteiger partial charge < -0.3 is 19.9 Å². The number of amides is 2. The van der Waals surface area contributed by atoms with Crippen molar-refractivity contribution in [1.29, 1.82) is 0 Å². The zero-order valence-electron chi connectivity index (χ0n) is 22.1. The predicted octanol–water partition coefficient (Wildman–Crippen LogP) is 5.82. The minimum atomic E-state index is -0.295. The molecule has 0 atom stereocenters. The molecule has 6 rings (SSSR count). The molecule has 10 nitrogen and oxygen atoms in total. The van der Waals surface area contributed by atoms with Gasteiger partial charge in [0.05, 0.1) is 23.1 Å². The summed E-state index contributed by atoms with van der Waals surface area (Å²) in [7, 11) is 0. The van der Waals surface area contributed by atoms with Crippen LogP contribution in [0.5, 0.6) is 5.75 Å². The first-order valence-electron chi connectivity index (χ1n) is 13.0. The van der Waals surface area contributed by atoms with E-state index in [1.807, 2.05) is 54.0 Å². The highest BCUT2D eigenvalue weighted by Gasteiger charge is 2.32. The molecule has 1 aliphatic rings. The maximum atomic E-state index is 12.9. The number of aromatic nitrogens is 4. The number of para-hydroxylation sites is 1. The van der Waals surface area contributed by atoms with E-state index in [1.54, 1.807) is 35.2 Å². The standard InChI is InChI=1S/C30H26ClN7O3/c1-3-37-25(35-27-26(37)18(2)32-30(40)38(27)16-19-8-10-20(31)11-9-19)17-41-22-14-12-21(13-15-22)33-29-34-24-7-5-4-6-23(24)28(39)36-29/h4-15H,2-3,16-17H2,1H3,(H,32,40)(H2,33,34,36,39). The van der Waals surface area contributed by atoms with Gasteiger partial charge in [-0.05, 0) is 61.0 Å². The number of carbonyl (C=O) groups is 1. The fraction of sp³-hybridized carbons (Fsp3) is 0.133. The number of ether oxygens (including phenoxy) is 1. The Morgan fingerprint density at radius 2 is 1.76 bits per heavy atom. The average molecular weight is 568 g/mol. The van der Waals surface area contributed by atoms with Crippen LogP contribution in [0, 0.1) is 0 Å². The summed E-state index contributed by atoms with van der Waals surface area (Å²) in [5, 5.41) is 7.14. The lowest BCUT2D eigenvalue weighted by Crippen LogP contribution is -2.43. The van der Waals surface area contributed by atoms with Crippen LogP contribution in [0.2, 0.25) is 5.02 Å². The summed E-state index contributed by atoms with van der Waals surface area (Å²) in [5.41, 5.74) is 3.30. The first-order valence-corrected chi connectivity index (χ1v) is 13.4. The van der Waals surface area contributed by atoms with Gasteiger partial charge in [0.25, 0.3) is 5.56 Å². The zero-order chi connectivity index (χ0) is 28.5. The van der Waals surface area contributed by atoms with Gasteiger partial charge >= 0.3 is 6.03 Å². The van der Waals surface area contributed by atoms with Crippen molar-refractivity contribution in [2.45, 2.75) is 26.6 Å². The first kappa shape index (κ1) is 26.1. The van der Waals surface area contributed by atoms with Crippen molar-refractivity contribution in [3.8, 4) is 5.75 Å². The van der Waals surface area contributed by atoms with Crippen molar-refractivity contribution < 1.29 is 9.53 Å². The molecule has 0 unspecified atom stereocenters. The van der Waals surface area contributed by atoms with E-state index in [0.29, 0.717) is 58.1 Å². The Labute approximate surface area is 240 Å². The lowest BCUT2D eigenvalue weighted by Gasteiger charge is -2.28. The summed E-state index contributed by atoms with van der Waals surface area (Å²) >= 11 is 6.03. The van der Waals surface area contributed by atoms with Gasteiger partial charge in [-0.15, -0.1) is 0 Å². The molecule has 5 aromatic rings. The van der Waals surface area contributed by atoms with Crippen LogP contribution < -0.4 is 25.8 Å². The van der Waals surface area contributed by atoms with E-state index in [-0.39, 0.29) is 18.2 Å². The topological polar surface area (TPSA) is 117 Å². The molecule has 3 heterocycles. The van der Waals surface area contributed by atoms with Gasteiger partial charge in [-0.2, -0.15) is 0 Å². The molecule has 0 radical (unpaired) electrons. The molecule has 2 amide bonds. The van der Waals surface area contributed by atoms with Gasteiger partial charge in [-0.25, -0.2) is 14.8 Å². The van der Waals surface area contributed by atoms with Crippen molar-refractivity contribution in [3.63, 3.8) is 0 Å². The highest BCUT2D eigenvalue weighted by molar-refractivity contribution is 6.30. The summed E-state index contributed by atoms with van der Waals surface area (Å²) in [6.07, 6.45) is 0. The molecule has 0 spiro atoms. The minimum Gasteiger partial charge on any atom is -0.486 e. The molecule has 206 valence electrons. The van der Waals surface area contributed by atoms with E-state index in [0.717, 1.165) is 16.9 Å². The highest BCUT2D eigenvalue weighted by Crippen LogP contribution is 2.32. The van der Waals surface area contributed by atoms with Gasteiger partial charge in [0.15, 0.2) is 5.82 Å². The van der Waals surface area contributed by atoms with E-state index < -0.39 is 0 Å². The van der Waals surface area contributed by atoms with Gasteiger partial charge in [0.1, 0.15) is 23.9 Å². The second kappa shape index (κ2) is 10.8. The molecule has 11 heteroatoms. The summed E-state index contributed by atoms with van der Waals surface area (Å²) in [6.45, 7) is 7.19. The average Bonchev–Trinajstić information content (AvgIpc) is 3.35. The molecular weight excluding hydrogens is 542 g/mol. The van der Waals surface area contributed by atoms with Crippen molar-refractivity contribution in [3.05, 3.63) is 112 Å². The number of rotatable bonds is 8. The third-order valence-electron chi connectivity index (χ3n) is 6.74. The zero-order valence-corrected chi connectivity index (χ0v) is 22.9. The molecule has 3 aromatic carbocycles. The van der Waals surface area contributed by atoms with Gasteiger partial charge in [-0.3, -0.25) is 14.7 Å². The lowest BCUT2D eigenvalue weighted by molar-refractivity contribution is 0.249. The number of nitrogens with zero attached hydrogens (tertiary/aromatic N) is 4. The van der Waals surface area contributed by atoms with Crippen LogP contribution in [0.3, 0.4) is 0 Å². The molecule has 0 saturated heterocycles. The minimum absolute atomic E-state index is 0.184. The summed E-state index contributed by atoms with van der Waals surface area (Å²) in [6, 6.07) is 21.5. The van der Waals surface area contributed by atoms with Crippen molar-refractivity contribution in [2.24, 2.45) is 0 Å². The molecule has 0 fully saturated rings. The van der Waals surface area contributed by atoms with Crippen LogP contribution >= 0.6 is 11.6 Å². The van der Waals surface area contributed by atoms with Crippen molar-refractivity contribution >= 4 is 51.7 Å². The molecule has 2 aromatic heterocycles. The lowest BCUT2D eigenvalue weighted by atomic mass is 10.2. The number of nitrogens with one attached hydrogen (secondary N) is 3. The van der Waals surface area contributed by atoms with Crippen molar-refractivity contribution in [1.82, 2.24) is 24.8 Å². The fourth-order valence-corrected chi connectivity index (χ4v) is 4.88. The third-order valence-corrected chi connectivity index (χ3v) is 6.99. The molecule has 1 aliphatic heterocycles. The number of hydrogen-bond acceptors (Lipinski definition) is 6. The Kier molecular flexibility index (Phi) is 6.90. The number of anilines is 3. The smallest absolute Gasteiger partial charge is 0.327 e. The molecule has 0 bridgehead atoms. The predicted molar refractivity (Wildman–Crippen MR) is 160 cm³/mol. The summed E-state index contributed by atoms with van der Waals surface area (Å²) < 4.78 is 8.06. The number of hydrogen-bond donors (Lipinski definition) is 3. The normalized spacial score (nSPS) is 12.8. The number of aromatic amines is 1. The second-order valence-electron chi connectivity index (χ2n) is 9.44. The Morgan fingerprint density at radius 1 is 1.00 bits per heavy atom. The SMILES string of the molecule is C=C1NC(=O)N(Cc2ccc(Cl)cc2)c2nc(COc3ccc(Nc4nc5ccccc5c(=O)[nH]4)cc3)n(CC)c21. The quantitative estimate of drug-likeness (QED) is 0.218. The molecule has 3 N–H and O–H groups in total. The number of imidazole rings is 1. The van der Waals surface area contributed by atoms with Crippen LogP contribution in [0.15, 0.2) is 84.2 Å². The highest BCUT2D eigenvalue weighted by atomic mass is 35.5. The third kappa shape index (κ3) is 5.24. The Hall–Kier alpha value is -5.09. The van der Waals surface area contributed by atoms with Crippen molar-refractivity contribution in [2.75, 3.05) is 10.2 Å². The van der Waals surface area contributed by atoms with Crippen LogP contribution in [0.4, 0.5) is 22.2 Å². The number of H-pyrrole nitrogens is 1. The summed E-state index contributed by atoms with van der Waals surface area (Å²) in [4.78, 5) is 38.9. The number of carbonyl (C=O) groups excluding carboxylic acids is 1. The van der Waals surface area contributed by atoms with Gasteiger partial charge in [0.2, 0.25) is 5.95 Å². The van der Waals surface area contributed by atoms with E-state index in [1.165, 1.54) is 0 Å². The number of halogens is 1. The van der Waals surface area contributed by atoms with Gasteiger partial charge in [0, 0.05) is 17.3 Å². The van der Waals surface area contributed by atoms with E-state index >= 15 is 0 Å². The maximum absolute atomic E-state index is 12.9. The van der Waals surface area contributed by atoms with Crippen LogP contribution in [-0.2, 0) is 19.7 Å². The van der Waals surface area contributed by atoms with Crippen LogP contribution in [0.25, 0.3) is 16.6 Å². The monoisotopic (exact) mass is 567 g/mol. The number of urea groups is 1. The number of fused-ring (bicyclic) bond motifs is 2. The Balaban J connectivity index is 1.19. The maximum Gasteiger partial charge on any atom is 0.327 e. The molecule has 41 heavy (non-hydrogen) atoms. The summed E-state index contributed by atoms with van der Waals surface area (Å²) in [5.74, 6) is 2.18. The van der Waals surface area contributed by atoms with E-state index in [9.17, 15) is 9.59 Å². The Morgan fingerprint density at radius 3 is 2.51 bits per heavy atom. The van der Waals surface area contributed by atoms with E-state index in [4.69, 9.17) is 21.3 Å². The second-order valence-corrected chi connectivity index (χ2v) is 9.87. The van der Waals surface area contributed by atoms with Gasteiger partial charge in [-0.1, -0.05) is 42.4 Å².